The molecule has 0 amide bonds. The SMILES string of the molecule is c1ccc(-c2nc(-c3ccccc3)nc(-c3ccc(-c4ccc(-c5ccc6c(c5)c5cc(-c7ccc(N(c8ccccc8)c8ccccc8)cc7)ccc5n6-c5ccccc5)cc4)cc3)n2)cc1. The molecular formula is C63H43N5. The third kappa shape index (κ3) is 7.78. The molecule has 10 aromatic carbocycles. The van der Waals surface area contributed by atoms with Crippen molar-refractivity contribution in [1.82, 2.24) is 19.5 Å². The zero-order valence-electron chi connectivity index (χ0n) is 37.1. The highest BCUT2D eigenvalue weighted by Gasteiger charge is 2.17. The first-order valence-electron chi connectivity index (χ1n) is 22.9. The maximum Gasteiger partial charge on any atom is 0.164 e. The number of anilines is 3. The van der Waals surface area contributed by atoms with Crippen molar-refractivity contribution in [3.05, 3.63) is 261 Å². The lowest BCUT2D eigenvalue weighted by Gasteiger charge is -2.25. The fourth-order valence-corrected chi connectivity index (χ4v) is 9.25. The van der Waals surface area contributed by atoms with Crippen LogP contribution in [0.15, 0.2) is 261 Å². The first-order chi connectivity index (χ1) is 33.7. The first-order valence-corrected chi connectivity index (χ1v) is 22.9. The Labute approximate surface area is 395 Å². The van der Waals surface area contributed by atoms with Crippen molar-refractivity contribution in [2.45, 2.75) is 0 Å². The van der Waals surface area contributed by atoms with Gasteiger partial charge in [-0.1, -0.05) is 188 Å². The molecule has 2 heterocycles. The molecule has 5 nitrogen and oxygen atoms in total. The van der Waals surface area contributed by atoms with Crippen LogP contribution in [0.25, 0.3) is 95.0 Å². The van der Waals surface area contributed by atoms with Gasteiger partial charge in [-0.05, 0) is 106 Å². The van der Waals surface area contributed by atoms with E-state index in [1.165, 1.54) is 38.5 Å². The number of fused-ring (bicyclic) bond motifs is 3. The summed E-state index contributed by atoms with van der Waals surface area (Å²) in [7, 11) is 0. The van der Waals surface area contributed by atoms with Crippen LogP contribution in [0, 0.1) is 0 Å². The molecule has 0 radical (unpaired) electrons. The van der Waals surface area contributed by atoms with Crippen molar-refractivity contribution in [1.29, 1.82) is 0 Å². The Hall–Kier alpha value is -9.19. The summed E-state index contributed by atoms with van der Waals surface area (Å²) >= 11 is 0. The second-order valence-electron chi connectivity index (χ2n) is 16.9. The van der Waals surface area contributed by atoms with Gasteiger partial charge in [-0.3, -0.25) is 0 Å². The van der Waals surface area contributed by atoms with Crippen LogP contribution in [0.5, 0.6) is 0 Å². The van der Waals surface area contributed by atoms with Gasteiger partial charge in [0, 0.05) is 50.2 Å². The zero-order valence-corrected chi connectivity index (χ0v) is 37.1. The van der Waals surface area contributed by atoms with Crippen LogP contribution < -0.4 is 4.90 Å². The van der Waals surface area contributed by atoms with E-state index in [-0.39, 0.29) is 0 Å². The fraction of sp³-hybridized carbons (Fsp3) is 0. The predicted octanol–water partition coefficient (Wildman–Crippen LogP) is 16.4. The summed E-state index contributed by atoms with van der Waals surface area (Å²) in [5.41, 5.74) is 16.6. The number of aromatic nitrogens is 4. The third-order valence-electron chi connectivity index (χ3n) is 12.7. The van der Waals surface area contributed by atoms with Gasteiger partial charge >= 0.3 is 0 Å². The minimum Gasteiger partial charge on any atom is -0.311 e. The molecular weight excluding hydrogens is 827 g/mol. The van der Waals surface area contributed by atoms with Gasteiger partial charge in [-0.25, -0.2) is 15.0 Å². The van der Waals surface area contributed by atoms with E-state index in [1.807, 2.05) is 60.7 Å². The van der Waals surface area contributed by atoms with E-state index in [0.29, 0.717) is 17.5 Å². The summed E-state index contributed by atoms with van der Waals surface area (Å²) in [6.45, 7) is 0. The molecule has 0 N–H and O–H groups in total. The molecule has 0 unspecified atom stereocenters. The lowest BCUT2D eigenvalue weighted by Crippen LogP contribution is -2.09. The van der Waals surface area contributed by atoms with Gasteiger partial charge < -0.3 is 9.47 Å². The van der Waals surface area contributed by atoms with Gasteiger partial charge in [0.05, 0.1) is 11.0 Å². The number of benzene rings is 10. The van der Waals surface area contributed by atoms with Crippen LogP contribution in [-0.2, 0) is 0 Å². The Kier molecular flexibility index (Phi) is 10.5. The quantitative estimate of drug-likeness (QED) is 0.137. The van der Waals surface area contributed by atoms with E-state index >= 15 is 0 Å². The van der Waals surface area contributed by atoms with E-state index in [0.717, 1.165) is 56.1 Å². The van der Waals surface area contributed by atoms with E-state index in [2.05, 4.69) is 210 Å². The Morgan fingerprint density at radius 3 is 0.956 bits per heavy atom. The second-order valence-corrected chi connectivity index (χ2v) is 16.9. The van der Waals surface area contributed by atoms with Gasteiger partial charge in [-0.15, -0.1) is 0 Å². The predicted molar refractivity (Wildman–Crippen MR) is 281 cm³/mol. The van der Waals surface area contributed by atoms with Crippen molar-refractivity contribution in [3.63, 3.8) is 0 Å². The number of rotatable bonds is 10. The number of para-hydroxylation sites is 3. The molecule has 5 heteroatoms. The van der Waals surface area contributed by atoms with Gasteiger partial charge in [0.25, 0.3) is 0 Å². The normalized spacial score (nSPS) is 11.2. The Morgan fingerprint density at radius 1 is 0.250 bits per heavy atom. The molecule has 0 aliphatic rings. The average Bonchev–Trinajstić information content (AvgIpc) is 3.75. The van der Waals surface area contributed by atoms with Gasteiger partial charge in [0.15, 0.2) is 17.5 Å². The Morgan fingerprint density at radius 2 is 0.544 bits per heavy atom. The van der Waals surface area contributed by atoms with Crippen molar-refractivity contribution >= 4 is 38.9 Å². The molecule has 0 spiro atoms. The molecule has 0 saturated carbocycles. The van der Waals surface area contributed by atoms with Crippen LogP contribution in [0.3, 0.4) is 0 Å². The lowest BCUT2D eigenvalue weighted by molar-refractivity contribution is 1.07. The molecule has 12 aromatic rings. The lowest BCUT2D eigenvalue weighted by atomic mass is 9.98. The van der Waals surface area contributed by atoms with Crippen LogP contribution >= 0.6 is 0 Å². The van der Waals surface area contributed by atoms with Gasteiger partial charge in [0.2, 0.25) is 0 Å². The van der Waals surface area contributed by atoms with Crippen LogP contribution in [-0.4, -0.2) is 19.5 Å². The van der Waals surface area contributed by atoms with Crippen molar-refractivity contribution in [3.8, 4) is 73.2 Å². The summed E-state index contributed by atoms with van der Waals surface area (Å²) in [6, 6.07) is 92.0. The van der Waals surface area contributed by atoms with E-state index in [4.69, 9.17) is 15.0 Å². The van der Waals surface area contributed by atoms with Crippen LogP contribution in [0.2, 0.25) is 0 Å². The van der Waals surface area contributed by atoms with Gasteiger partial charge in [-0.2, -0.15) is 0 Å². The smallest absolute Gasteiger partial charge is 0.164 e. The maximum absolute atomic E-state index is 4.93. The monoisotopic (exact) mass is 869 g/mol. The zero-order chi connectivity index (χ0) is 45.2. The molecule has 320 valence electrons. The highest BCUT2D eigenvalue weighted by atomic mass is 15.1. The second kappa shape index (κ2) is 17.7. The number of nitrogens with zero attached hydrogens (tertiary/aromatic N) is 5. The maximum atomic E-state index is 4.93. The molecule has 0 aliphatic heterocycles. The minimum absolute atomic E-state index is 0.641. The highest BCUT2D eigenvalue weighted by molar-refractivity contribution is 6.11. The van der Waals surface area contributed by atoms with Crippen molar-refractivity contribution < 1.29 is 0 Å². The molecule has 0 aliphatic carbocycles. The molecule has 0 atom stereocenters. The molecule has 0 fully saturated rings. The first kappa shape index (κ1) is 40.3. The summed E-state index contributed by atoms with van der Waals surface area (Å²) in [5.74, 6) is 1.94. The largest absolute Gasteiger partial charge is 0.311 e. The number of hydrogen-bond donors (Lipinski definition) is 0. The molecule has 68 heavy (non-hydrogen) atoms. The van der Waals surface area contributed by atoms with Crippen LogP contribution in [0.1, 0.15) is 0 Å². The van der Waals surface area contributed by atoms with Gasteiger partial charge in [0.1, 0.15) is 0 Å². The average molecular weight is 870 g/mol. The summed E-state index contributed by atoms with van der Waals surface area (Å²) in [5, 5.41) is 2.42. The Balaban J connectivity index is 0.867. The van der Waals surface area contributed by atoms with Crippen LogP contribution in [0.4, 0.5) is 17.1 Å². The fourth-order valence-electron chi connectivity index (χ4n) is 9.25. The molecule has 0 saturated heterocycles. The molecule has 0 bridgehead atoms. The standard InChI is InChI=1S/C63H43N5/c1-6-16-48(17-7-1)61-64-62(49-18-8-2-9-19-49)66-63(65-61)50-32-30-45(31-33-50)44-26-28-46(29-27-44)51-36-40-59-57(42-51)58-43-52(37-41-60(58)68(59)55-24-14-5-15-25-55)47-34-38-56(39-35-47)67(53-20-10-3-11-21-53)54-22-12-4-13-23-54/h1-43H. The summed E-state index contributed by atoms with van der Waals surface area (Å²) < 4.78 is 2.38. The third-order valence-corrected chi connectivity index (χ3v) is 12.7. The highest BCUT2D eigenvalue weighted by Crippen LogP contribution is 2.40. The number of hydrogen-bond acceptors (Lipinski definition) is 4. The van der Waals surface area contributed by atoms with E-state index < -0.39 is 0 Å². The van der Waals surface area contributed by atoms with E-state index in [9.17, 15) is 0 Å². The van der Waals surface area contributed by atoms with Crippen molar-refractivity contribution in [2.24, 2.45) is 0 Å². The topological polar surface area (TPSA) is 46.8 Å². The summed E-state index contributed by atoms with van der Waals surface area (Å²) in [4.78, 5) is 17.0. The summed E-state index contributed by atoms with van der Waals surface area (Å²) in [6.07, 6.45) is 0. The molecule has 12 rings (SSSR count). The Bertz CT molecular complexity index is 3570. The van der Waals surface area contributed by atoms with Crippen molar-refractivity contribution in [2.75, 3.05) is 4.90 Å². The minimum atomic E-state index is 0.641. The molecule has 2 aromatic heterocycles. The van der Waals surface area contributed by atoms with E-state index in [1.54, 1.807) is 0 Å².